The van der Waals surface area contributed by atoms with E-state index in [0.29, 0.717) is 16.6 Å². The summed E-state index contributed by atoms with van der Waals surface area (Å²) in [7, 11) is 1.27. The number of nitrogens with one attached hydrogen (secondary N) is 2. The van der Waals surface area contributed by atoms with Gasteiger partial charge in [0.05, 0.1) is 30.1 Å². The van der Waals surface area contributed by atoms with Gasteiger partial charge in [-0.05, 0) is 12.1 Å². The van der Waals surface area contributed by atoms with Gasteiger partial charge in [0.15, 0.2) is 0 Å². The van der Waals surface area contributed by atoms with E-state index >= 15 is 0 Å². The largest absolute Gasteiger partial charge is 0.465 e. The van der Waals surface area contributed by atoms with Crippen LogP contribution in [0.3, 0.4) is 0 Å². The zero-order chi connectivity index (χ0) is 14.5. The number of aromatic amines is 1. The Morgan fingerprint density at radius 1 is 1.45 bits per heavy atom. The quantitative estimate of drug-likeness (QED) is 0.488. The van der Waals surface area contributed by atoms with E-state index in [2.05, 4.69) is 25.5 Å². The number of carbonyl (C=O) groups is 1. The molecule has 0 saturated heterocycles. The van der Waals surface area contributed by atoms with Crippen molar-refractivity contribution >= 4 is 28.3 Å². The molecule has 0 unspecified atom stereocenters. The van der Waals surface area contributed by atoms with Crippen LogP contribution in [0.1, 0.15) is 10.4 Å². The van der Waals surface area contributed by atoms with Crippen molar-refractivity contribution in [2.75, 3.05) is 12.5 Å². The molecule has 0 aliphatic carbocycles. The van der Waals surface area contributed by atoms with Gasteiger partial charge in [-0.15, -0.1) is 0 Å². The van der Waals surface area contributed by atoms with Crippen LogP contribution >= 0.6 is 0 Å². The summed E-state index contributed by atoms with van der Waals surface area (Å²) >= 11 is 0. The van der Waals surface area contributed by atoms with Crippen LogP contribution in [-0.4, -0.2) is 29.0 Å². The third-order valence-corrected chi connectivity index (χ3v) is 2.46. The number of hydrazone groups is 1. The van der Waals surface area contributed by atoms with Crippen LogP contribution in [0.2, 0.25) is 0 Å². The van der Waals surface area contributed by atoms with E-state index in [-0.39, 0.29) is 11.3 Å². The summed E-state index contributed by atoms with van der Waals surface area (Å²) in [5.74, 6) is -0.535. The number of aromatic nitrogens is 2. The number of anilines is 1. The number of hydrogen-bond donors (Lipinski definition) is 2. The first-order chi connectivity index (χ1) is 9.69. The highest BCUT2D eigenvalue weighted by Gasteiger charge is 2.13. The van der Waals surface area contributed by atoms with Crippen molar-refractivity contribution in [1.82, 2.24) is 10.2 Å². The maximum Gasteiger partial charge on any atom is 0.340 e. The fraction of sp³-hybridized carbons (Fsp3) is 0.0833. The number of benzene rings is 1. The number of ether oxygens (including phenoxy) is 1. The van der Waals surface area contributed by atoms with Gasteiger partial charge in [-0.3, -0.25) is 10.5 Å². The first-order valence-electron chi connectivity index (χ1n) is 5.39. The molecule has 1 aromatic heterocycles. The van der Waals surface area contributed by atoms with E-state index in [1.165, 1.54) is 19.4 Å². The fourth-order valence-corrected chi connectivity index (χ4v) is 1.59. The topological polar surface area (TPSA) is 127 Å². The average molecular weight is 268 g/mol. The Morgan fingerprint density at radius 3 is 2.85 bits per heavy atom. The lowest BCUT2D eigenvalue weighted by molar-refractivity contribution is 0.0603. The Morgan fingerprint density at radius 2 is 2.20 bits per heavy atom. The molecule has 0 spiro atoms. The van der Waals surface area contributed by atoms with Gasteiger partial charge in [0.25, 0.3) is 0 Å². The molecular formula is C12H8N6O2. The highest BCUT2D eigenvalue weighted by molar-refractivity contribution is 6.10. The lowest BCUT2D eigenvalue weighted by Crippen LogP contribution is -2.04. The molecule has 20 heavy (non-hydrogen) atoms. The Bertz CT molecular complexity index is 761. The maximum absolute atomic E-state index is 11.7. The second-order valence-electron chi connectivity index (χ2n) is 3.65. The van der Waals surface area contributed by atoms with Crippen molar-refractivity contribution in [2.24, 2.45) is 5.10 Å². The van der Waals surface area contributed by atoms with Crippen LogP contribution in [0.15, 0.2) is 23.4 Å². The summed E-state index contributed by atoms with van der Waals surface area (Å²) in [6.45, 7) is 0. The van der Waals surface area contributed by atoms with E-state index in [1.54, 1.807) is 18.2 Å². The SMILES string of the molecule is COC(=O)c1cc(NN=C(C#N)C#N)cc2cn[nH]c12. The summed E-state index contributed by atoms with van der Waals surface area (Å²) < 4.78 is 4.68. The summed E-state index contributed by atoms with van der Waals surface area (Å²) in [5, 5.41) is 28.0. The predicted molar refractivity (Wildman–Crippen MR) is 69.7 cm³/mol. The van der Waals surface area contributed by atoms with E-state index in [9.17, 15) is 4.79 Å². The van der Waals surface area contributed by atoms with Crippen molar-refractivity contribution in [3.63, 3.8) is 0 Å². The number of hydrogen-bond acceptors (Lipinski definition) is 7. The molecular weight excluding hydrogens is 260 g/mol. The molecule has 0 bridgehead atoms. The van der Waals surface area contributed by atoms with Gasteiger partial charge in [-0.25, -0.2) is 4.79 Å². The van der Waals surface area contributed by atoms with Gasteiger partial charge in [0.2, 0.25) is 5.71 Å². The fourth-order valence-electron chi connectivity index (χ4n) is 1.59. The molecule has 8 heteroatoms. The normalized spacial score (nSPS) is 9.35. The Hall–Kier alpha value is -3.39. The molecule has 0 amide bonds. The predicted octanol–water partition coefficient (Wildman–Crippen LogP) is 1.16. The van der Waals surface area contributed by atoms with E-state index in [0.717, 1.165) is 0 Å². The Kier molecular flexibility index (Phi) is 3.59. The molecule has 0 saturated carbocycles. The minimum Gasteiger partial charge on any atom is -0.465 e. The number of nitriles is 2. The zero-order valence-electron chi connectivity index (χ0n) is 10.3. The summed E-state index contributed by atoms with van der Waals surface area (Å²) in [6, 6.07) is 6.39. The van der Waals surface area contributed by atoms with Crippen LogP contribution in [0.4, 0.5) is 5.69 Å². The molecule has 1 aromatic carbocycles. The standard InChI is InChI=1S/C12H8N6O2/c1-20-12(19)10-3-8(16-17-9(4-13)5-14)2-7-6-15-18-11(7)10/h2-3,6,16H,1H3,(H,15,18). The summed E-state index contributed by atoms with van der Waals surface area (Å²) in [6.07, 6.45) is 1.53. The molecule has 0 aliphatic heterocycles. The highest BCUT2D eigenvalue weighted by Crippen LogP contribution is 2.22. The second-order valence-corrected chi connectivity index (χ2v) is 3.65. The van der Waals surface area contributed by atoms with Crippen LogP contribution < -0.4 is 5.43 Å². The minimum atomic E-state index is -0.535. The van der Waals surface area contributed by atoms with Crippen molar-refractivity contribution in [3.05, 3.63) is 23.9 Å². The van der Waals surface area contributed by atoms with Gasteiger partial charge >= 0.3 is 5.97 Å². The molecule has 0 radical (unpaired) electrons. The van der Waals surface area contributed by atoms with Crippen molar-refractivity contribution in [1.29, 1.82) is 10.5 Å². The molecule has 0 aliphatic rings. The van der Waals surface area contributed by atoms with Crippen molar-refractivity contribution < 1.29 is 9.53 Å². The van der Waals surface area contributed by atoms with Crippen molar-refractivity contribution in [2.45, 2.75) is 0 Å². The lowest BCUT2D eigenvalue weighted by atomic mass is 10.1. The lowest BCUT2D eigenvalue weighted by Gasteiger charge is -2.05. The monoisotopic (exact) mass is 268 g/mol. The summed E-state index contributed by atoms with van der Waals surface area (Å²) in [5.41, 5.74) is 3.46. The number of methoxy groups -OCH3 is 1. The van der Waals surface area contributed by atoms with Crippen LogP contribution in [0.25, 0.3) is 10.9 Å². The molecule has 2 N–H and O–H groups in total. The second kappa shape index (κ2) is 5.50. The minimum absolute atomic E-state index is 0.274. The van der Waals surface area contributed by atoms with Crippen molar-refractivity contribution in [3.8, 4) is 12.1 Å². The number of nitrogens with zero attached hydrogens (tertiary/aromatic N) is 4. The first kappa shape index (κ1) is 13.1. The molecule has 2 rings (SSSR count). The molecule has 0 atom stereocenters. The maximum atomic E-state index is 11.7. The Balaban J connectivity index is 2.46. The smallest absolute Gasteiger partial charge is 0.340 e. The number of H-pyrrole nitrogens is 1. The average Bonchev–Trinajstić information content (AvgIpc) is 2.95. The van der Waals surface area contributed by atoms with Crippen LogP contribution in [-0.2, 0) is 4.74 Å². The highest BCUT2D eigenvalue weighted by atomic mass is 16.5. The Labute approximate surface area is 113 Å². The molecule has 0 fully saturated rings. The molecule has 2 aromatic rings. The van der Waals surface area contributed by atoms with E-state index in [1.807, 2.05) is 0 Å². The van der Waals surface area contributed by atoms with Gasteiger partial charge in [0.1, 0.15) is 12.1 Å². The molecule has 8 nitrogen and oxygen atoms in total. The third-order valence-electron chi connectivity index (χ3n) is 2.46. The molecule has 98 valence electrons. The van der Waals surface area contributed by atoms with Gasteiger partial charge in [-0.1, -0.05) is 0 Å². The van der Waals surface area contributed by atoms with Gasteiger partial charge < -0.3 is 4.74 Å². The zero-order valence-corrected chi connectivity index (χ0v) is 10.3. The number of esters is 1. The van der Waals surface area contributed by atoms with E-state index < -0.39 is 5.97 Å². The van der Waals surface area contributed by atoms with Gasteiger partial charge in [0, 0.05) is 5.39 Å². The third kappa shape index (κ3) is 2.40. The first-order valence-corrected chi connectivity index (χ1v) is 5.39. The number of rotatable bonds is 3. The number of fused-ring (bicyclic) bond motifs is 1. The van der Waals surface area contributed by atoms with Gasteiger partial charge in [-0.2, -0.15) is 20.7 Å². The summed E-state index contributed by atoms with van der Waals surface area (Å²) in [4.78, 5) is 11.7. The molecule has 1 heterocycles. The number of carbonyl (C=O) groups excluding carboxylic acids is 1. The van der Waals surface area contributed by atoms with Crippen LogP contribution in [0.5, 0.6) is 0 Å². The van der Waals surface area contributed by atoms with Crippen LogP contribution in [0, 0.1) is 22.7 Å². The van der Waals surface area contributed by atoms with E-state index in [4.69, 9.17) is 10.5 Å².